The first-order chi connectivity index (χ1) is 13.3. The van der Waals surface area contributed by atoms with Gasteiger partial charge >= 0.3 is 11.7 Å². The van der Waals surface area contributed by atoms with Crippen molar-refractivity contribution in [1.29, 1.82) is 0 Å². The van der Waals surface area contributed by atoms with E-state index in [2.05, 4.69) is 0 Å². The smallest absolute Gasteiger partial charge is 0.332 e. The minimum atomic E-state index is -0.849. The standard InChI is InChI=1S/C19H20FN3O5/c1-3-10-23-17(21)16(18(26)22(2)19(23)27)14(24)11-28-15(25)9-6-12-4-7-13(20)8-5-12/h4-9H,3,10-11,21H2,1-2H3/b9-6+. The first kappa shape index (κ1) is 20.8. The minimum absolute atomic E-state index is 0.235. The van der Waals surface area contributed by atoms with Crippen molar-refractivity contribution >= 4 is 23.6 Å². The van der Waals surface area contributed by atoms with E-state index in [1.165, 1.54) is 37.4 Å². The fourth-order valence-electron chi connectivity index (χ4n) is 2.48. The lowest BCUT2D eigenvalue weighted by Crippen LogP contribution is -2.43. The number of nitrogens with zero attached hydrogens (tertiary/aromatic N) is 2. The summed E-state index contributed by atoms with van der Waals surface area (Å²) in [5.74, 6) is -2.30. The highest BCUT2D eigenvalue weighted by molar-refractivity contribution is 6.01. The average molecular weight is 389 g/mol. The first-order valence-corrected chi connectivity index (χ1v) is 8.49. The number of hydrogen-bond donors (Lipinski definition) is 1. The number of nitrogens with two attached hydrogens (primary N) is 1. The van der Waals surface area contributed by atoms with Crippen LogP contribution in [0.25, 0.3) is 6.08 Å². The third-order valence-corrected chi connectivity index (χ3v) is 3.94. The van der Waals surface area contributed by atoms with Gasteiger partial charge in [-0.1, -0.05) is 19.1 Å². The number of ketones is 1. The minimum Gasteiger partial charge on any atom is -0.454 e. The van der Waals surface area contributed by atoms with Gasteiger partial charge < -0.3 is 10.5 Å². The molecule has 28 heavy (non-hydrogen) atoms. The Labute approximate surface area is 159 Å². The van der Waals surface area contributed by atoms with Crippen LogP contribution in [0.3, 0.4) is 0 Å². The number of halogens is 1. The van der Waals surface area contributed by atoms with Crippen molar-refractivity contribution in [2.75, 3.05) is 12.3 Å². The van der Waals surface area contributed by atoms with Crippen molar-refractivity contribution in [1.82, 2.24) is 9.13 Å². The van der Waals surface area contributed by atoms with Gasteiger partial charge in [-0.25, -0.2) is 14.0 Å². The molecular formula is C19H20FN3O5. The molecule has 0 saturated heterocycles. The molecule has 0 aliphatic carbocycles. The second kappa shape index (κ2) is 8.94. The van der Waals surface area contributed by atoms with Crippen LogP contribution in [-0.4, -0.2) is 27.5 Å². The molecule has 0 unspecified atom stereocenters. The van der Waals surface area contributed by atoms with Crippen LogP contribution >= 0.6 is 0 Å². The maximum absolute atomic E-state index is 12.8. The fourth-order valence-corrected chi connectivity index (χ4v) is 2.48. The number of esters is 1. The van der Waals surface area contributed by atoms with Gasteiger partial charge in [0, 0.05) is 19.7 Å². The van der Waals surface area contributed by atoms with Gasteiger partial charge in [-0.2, -0.15) is 0 Å². The molecule has 1 aromatic heterocycles. The van der Waals surface area contributed by atoms with Crippen molar-refractivity contribution in [3.05, 3.63) is 68.1 Å². The van der Waals surface area contributed by atoms with Crippen LogP contribution in [0.15, 0.2) is 39.9 Å². The first-order valence-electron chi connectivity index (χ1n) is 8.49. The highest BCUT2D eigenvalue weighted by atomic mass is 19.1. The Balaban J connectivity index is 2.14. The Morgan fingerprint density at radius 2 is 1.86 bits per heavy atom. The third-order valence-electron chi connectivity index (χ3n) is 3.94. The third kappa shape index (κ3) is 4.61. The molecule has 8 nitrogen and oxygen atoms in total. The van der Waals surface area contributed by atoms with E-state index in [9.17, 15) is 23.6 Å². The van der Waals surface area contributed by atoms with E-state index in [0.29, 0.717) is 12.0 Å². The number of anilines is 1. The van der Waals surface area contributed by atoms with E-state index < -0.39 is 41.0 Å². The van der Waals surface area contributed by atoms with Gasteiger partial charge in [0.05, 0.1) is 0 Å². The quantitative estimate of drug-likeness (QED) is 0.431. The van der Waals surface area contributed by atoms with Crippen LogP contribution in [0.1, 0.15) is 29.3 Å². The summed E-state index contributed by atoms with van der Waals surface area (Å²) >= 11 is 0. The van der Waals surface area contributed by atoms with E-state index in [0.717, 1.165) is 15.2 Å². The normalized spacial score (nSPS) is 11.0. The van der Waals surface area contributed by atoms with Crippen LogP contribution in [0, 0.1) is 5.82 Å². The van der Waals surface area contributed by atoms with E-state index in [4.69, 9.17) is 10.5 Å². The van der Waals surface area contributed by atoms with Gasteiger partial charge in [0.1, 0.15) is 17.2 Å². The molecule has 1 aromatic carbocycles. The monoisotopic (exact) mass is 389 g/mol. The lowest BCUT2D eigenvalue weighted by molar-refractivity contribution is -0.136. The van der Waals surface area contributed by atoms with Crippen molar-refractivity contribution < 1.29 is 18.7 Å². The molecule has 2 aromatic rings. The van der Waals surface area contributed by atoms with Crippen molar-refractivity contribution in [3.63, 3.8) is 0 Å². The van der Waals surface area contributed by atoms with Crippen LogP contribution in [-0.2, 0) is 23.1 Å². The molecule has 2 N–H and O–H groups in total. The summed E-state index contributed by atoms with van der Waals surface area (Å²) in [6.45, 7) is 1.34. The Kier molecular flexibility index (Phi) is 6.64. The number of rotatable bonds is 7. The van der Waals surface area contributed by atoms with Crippen LogP contribution in [0.2, 0.25) is 0 Å². The Morgan fingerprint density at radius 3 is 2.46 bits per heavy atom. The molecule has 0 saturated carbocycles. The van der Waals surface area contributed by atoms with Gasteiger partial charge in [0.25, 0.3) is 5.56 Å². The maximum atomic E-state index is 12.8. The summed E-state index contributed by atoms with van der Waals surface area (Å²) in [7, 11) is 1.24. The molecule has 0 spiro atoms. The number of ether oxygens (including phenoxy) is 1. The lowest BCUT2D eigenvalue weighted by Gasteiger charge is -2.13. The Hall–Kier alpha value is -3.49. The summed E-state index contributed by atoms with van der Waals surface area (Å²) in [4.78, 5) is 48.5. The lowest BCUT2D eigenvalue weighted by atomic mass is 10.2. The average Bonchev–Trinajstić information content (AvgIpc) is 2.67. The van der Waals surface area contributed by atoms with Gasteiger partial charge in [-0.3, -0.25) is 18.7 Å². The second-order valence-corrected chi connectivity index (χ2v) is 5.97. The molecule has 1 heterocycles. The van der Waals surface area contributed by atoms with Gasteiger partial charge in [0.15, 0.2) is 6.61 Å². The number of nitrogen functional groups attached to an aromatic ring is 1. The number of benzene rings is 1. The van der Waals surface area contributed by atoms with E-state index >= 15 is 0 Å². The van der Waals surface area contributed by atoms with Crippen molar-refractivity contribution in [2.45, 2.75) is 19.9 Å². The highest BCUT2D eigenvalue weighted by Gasteiger charge is 2.22. The van der Waals surface area contributed by atoms with Gasteiger partial charge in [0.2, 0.25) is 5.78 Å². The predicted molar refractivity (Wildman–Crippen MR) is 101 cm³/mol. The number of aromatic nitrogens is 2. The molecule has 0 radical (unpaired) electrons. The second-order valence-electron chi connectivity index (χ2n) is 5.97. The van der Waals surface area contributed by atoms with E-state index in [1.54, 1.807) is 0 Å². The SMILES string of the molecule is CCCn1c(N)c(C(=O)COC(=O)/C=C/c2ccc(F)cc2)c(=O)n(C)c1=O. The van der Waals surface area contributed by atoms with Crippen LogP contribution in [0.4, 0.5) is 10.2 Å². The zero-order valence-corrected chi connectivity index (χ0v) is 15.5. The number of carbonyl (C=O) groups is 2. The summed E-state index contributed by atoms with van der Waals surface area (Å²) in [5.41, 5.74) is 4.53. The molecule has 0 atom stereocenters. The molecular weight excluding hydrogens is 369 g/mol. The number of carbonyl (C=O) groups excluding carboxylic acids is 2. The number of hydrogen-bond acceptors (Lipinski definition) is 6. The molecule has 2 rings (SSSR count). The highest BCUT2D eigenvalue weighted by Crippen LogP contribution is 2.08. The topological polar surface area (TPSA) is 113 Å². The zero-order chi connectivity index (χ0) is 20.8. The summed E-state index contributed by atoms with van der Waals surface area (Å²) in [6, 6.07) is 5.40. The fraction of sp³-hybridized carbons (Fsp3) is 0.263. The molecule has 0 aliphatic heterocycles. The van der Waals surface area contributed by atoms with Crippen LogP contribution < -0.4 is 17.0 Å². The molecule has 0 aliphatic rings. The zero-order valence-electron chi connectivity index (χ0n) is 15.5. The maximum Gasteiger partial charge on any atom is 0.332 e. The van der Waals surface area contributed by atoms with Crippen LogP contribution in [0.5, 0.6) is 0 Å². The van der Waals surface area contributed by atoms with E-state index in [1.807, 2.05) is 6.92 Å². The number of Topliss-reactive ketones (excluding diaryl/α,β-unsaturated/α-hetero) is 1. The largest absolute Gasteiger partial charge is 0.454 e. The summed E-state index contributed by atoms with van der Waals surface area (Å²) < 4.78 is 19.6. The molecule has 148 valence electrons. The van der Waals surface area contributed by atoms with Crippen molar-refractivity contribution in [2.24, 2.45) is 7.05 Å². The van der Waals surface area contributed by atoms with Gasteiger partial charge in [-0.15, -0.1) is 0 Å². The van der Waals surface area contributed by atoms with Crippen molar-refractivity contribution in [3.8, 4) is 0 Å². The Morgan fingerprint density at radius 1 is 1.21 bits per heavy atom. The predicted octanol–water partition coefficient (Wildman–Crippen LogP) is 1.12. The molecule has 9 heteroatoms. The summed E-state index contributed by atoms with van der Waals surface area (Å²) in [5, 5.41) is 0. The molecule has 0 amide bonds. The molecule has 0 fully saturated rings. The molecule has 0 bridgehead atoms. The van der Waals surface area contributed by atoms with Gasteiger partial charge in [-0.05, 0) is 30.2 Å². The summed E-state index contributed by atoms with van der Waals surface area (Å²) in [6.07, 6.45) is 3.03. The van der Waals surface area contributed by atoms with E-state index in [-0.39, 0.29) is 12.4 Å². The Bertz CT molecular complexity index is 1040.